The average molecular weight is 288 g/mol. The molecular formula is C12H17I. The van der Waals surface area contributed by atoms with Gasteiger partial charge in [0.05, 0.1) is 0 Å². The second-order valence-electron chi connectivity index (χ2n) is 2.88. The third-order valence-corrected chi connectivity index (χ3v) is 2.02. The highest BCUT2D eigenvalue weighted by Gasteiger charge is 1.82. The summed E-state index contributed by atoms with van der Waals surface area (Å²) in [4.78, 5) is 0. The average Bonchev–Trinajstić information content (AvgIpc) is 2.16. The van der Waals surface area contributed by atoms with Gasteiger partial charge in [0.15, 0.2) is 0 Å². The Hall–Kier alpha value is -0.230. The van der Waals surface area contributed by atoms with E-state index in [-0.39, 0.29) is 0 Å². The molecule has 0 aromatic rings. The molecule has 13 heavy (non-hydrogen) atoms. The number of rotatable bonds is 6. The summed E-state index contributed by atoms with van der Waals surface area (Å²) in [5, 5.41) is 0. The van der Waals surface area contributed by atoms with Crippen LogP contribution in [0.1, 0.15) is 39.0 Å². The molecule has 0 unspecified atom stereocenters. The van der Waals surface area contributed by atoms with Crippen LogP contribution in [0.2, 0.25) is 0 Å². The van der Waals surface area contributed by atoms with Gasteiger partial charge < -0.3 is 0 Å². The smallest absolute Gasteiger partial charge is 0.0185 e. The number of hydrogen-bond acceptors (Lipinski definition) is 0. The molecule has 0 amide bonds. The van der Waals surface area contributed by atoms with E-state index in [4.69, 9.17) is 0 Å². The molecule has 0 N–H and O–H groups in total. The Labute approximate surface area is 95.6 Å². The summed E-state index contributed by atoms with van der Waals surface area (Å²) in [6.07, 6.45) is 14.7. The quantitative estimate of drug-likeness (QED) is 0.293. The van der Waals surface area contributed by atoms with Gasteiger partial charge in [-0.1, -0.05) is 50.3 Å². The number of unbranched alkanes of at least 4 members (excludes halogenated alkanes) is 4. The van der Waals surface area contributed by atoms with Gasteiger partial charge in [0.25, 0.3) is 0 Å². The molecule has 0 aromatic carbocycles. The first kappa shape index (κ1) is 12.8. The highest BCUT2D eigenvalue weighted by Crippen LogP contribution is 2.02. The molecule has 0 saturated heterocycles. The summed E-state index contributed by atoms with van der Waals surface area (Å²) in [6, 6.07) is 0. The Balaban J connectivity index is 3.24. The van der Waals surface area contributed by atoms with Crippen LogP contribution in [0.25, 0.3) is 0 Å². The fraction of sp³-hybridized carbons (Fsp3) is 0.500. The van der Waals surface area contributed by atoms with Crippen molar-refractivity contribution >= 4 is 22.6 Å². The van der Waals surface area contributed by atoms with Crippen LogP contribution in [-0.4, -0.2) is 0 Å². The lowest BCUT2D eigenvalue weighted by atomic mass is 10.1. The van der Waals surface area contributed by atoms with Crippen molar-refractivity contribution in [1.29, 1.82) is 0 Å². The van der Waals surface area contributed by atoms with Gasteiger partial charge in [-0.25, -0.2) is 0 Å². The molecule has 72 valence electrons. The lowest BCUT2D eigenvalue weighted by Gasteiger charge is -1.92. The van der Waals surface area contributed by atoms with Crippen LogP contribution >= 0.6 is 22.6 Å². The minimum absolute atomic E-state index is 1.20. The molecule has 1 heteroatoms. The van der Waals surface area contributed by atoms with Gasteiger partial charge in [-0.3, -0.25) is 0 Å². The number of halogens is 1. The SMILES string of the molecule is CCCCCC/C=C/C=C/C#CI. The highest BCUT2D eigenvalue weighted by atomic mass is 127. The summed E-state index contributed by atoms with van der Waals surface area (Å²) in [5.41, 5.74) is 0. The van der Waals surface area contributed by atoms with E-state index in [0.717, 1.165) is 0 Å². The Kier molecular flexibility index (Phi) is 11.6. The van der Waals surface area contributed by atoms with E-state index in [1.807, 2.05) is 34.7 Å². The topological polar surface area (TPSA) is 0 Å². The van der Waals surface area contributed by atoms with Crippen molar-refractivity contribution in [2.45, 2.75) is 39.0 Å². The van der Waals surface area contributed by atoms with Crippen molar-refractivity contribution < 1.29 is 0 Å². The van der Waals surface area contributed by atoms with E-state index in [0.29, 0.717) is 0 Å². The minimum Gasteiger partial charge on any atom is -0.0845 e. The molecule has 0 aliphatic heterocycles. The molecule has 0 saturated carbocycles. The van der Waals surface area contributed by atoms with Crippen LogP contribution in [0.5, 0.6) is 0 Å². The van der Waals surface area contributed by atoms with E-state index >= 15 is 0 Å². The van der Waals surface area contributed by atoms with Crippen molar-refractivity contribution in [2.75, 3.05) is 0 Å². The maximum atomic E-state index is 2.86. The standard InChI is InChI=1S/C12H17I/c1-2-3-4-5-6-7-8-9-10-11-12-13/h7-10H,2-6H2,1H3/b8-7+,10-9+. The van der Waals surface area contributed by atoms with E-state index in [1.165, 1.54) is 32.1 Å². The molecule has 0 rings (SSSR count). The molecule has 0 spiro atoms. The first-order valence-corrected chi connectivity index (χ1v) is 5.92. The molecule has 0 heterocycles. The molecule has 0 aromatic heterocycles. The zero-order chi connectivity index (χ0) is 9.78. The van der Waals surface area contributed by atoms with Crippen molar-refractivity contribution in [2.24, 2.45) is 0 Å². The van der Waals surface area contributed by atoms with Crippen molar-refractivity contribution in [3.8, 4) is 9.85 Å². The molecule has 0 bridgehead atoms. The summed E-state index contributed by atoms with van der Waals surface area (Å²) in [6.45, 7) is 2.24. The monoisotopic (exact) mass is 288 g/mol. The number of hydrogen-bond donors (Lipinski definition) is 0. The van der Waals surface area contributed by atoms with Crippen LogP contribution in [0.3, 0.4) is 0 Å². The molecular weight excluding hydrogens is 271 g/mol. The Bertz CT molecular complexity index is 203. The number of allylic oxidation sites excluding steroid dienone is 4. The van der Waals surface area contributed by atoms with Crippen molar-refractivity contribution in [1.82, 2.24) is 0 Å². The summed E-state index contributed by atoms with van der Waals surface area (Å²) >= 11 is 2.03. The van der Waals surface area contributed by atoms with Gasteiger partial charge in [0.1, 0.15) is 0 Å². The Morgan fingerprint density at radius 2 is 2.00 bits per heavy atom. The van der Waals surface area contributed by atoms with E-state index < -0.39 is 0 Å². The molecule has 0 nitrogen and oxygen atoms in total. The molecule has 0 aliphatic carbocycles. The first-order chi connectivity index (χ1) is 6.41. The van der Waals surface area contributed by atoms with Crippen LogP contribution in [-0.2, 0) is 0 Å². The summed E-state index contributed by atoms with van der Waals surface area (Å²) in [5.74, 6) is 2.86. The van der Waals surface area contributed by atoms with Crippen LogP contribution in [0, 0.1) is 9.85 Å². The van der Waals surface area contributed by atoms with E-state index in [1.54, 1.807) is 0 Å². The van der Waals surface area contributed by atoms with Gasteiger partial charge in [0, 0.05) is 22.6 Å². The van der Waals surface area contributed by atoms with Crippen molar-refractivity contribution in [3.05, 3.63) is 24.3 Å². The van der Waals surface area contributed by atoms with Gasteiger partial charge in [0.2, 0.25) is 0 Å². The molecule has 0 aliphatic rings. The fourth-order valence-corrected chi connectivity index (χ4v) is 1.18. The first-order valence-electron chi connectivity index (χ1n) is 4.84. The van der Waals surface area contributed by atoms with Gasteiger partial charge >= 0.3 is 0 Å². The largest absolute Gasteiger partial charge is 0.0845 e. The van der Waals surface area contributed by atoms with Crippen molar-refractivity contribution in [3.63, 3.8) is 0 Å². The predicted octanol–water partition coefficient (Wildman–Crippen LogP) is 4.47. The predicted molar refractivity (Wildman–Crippen MR) is 68.8 cm³/mol. The second kappa shape index (κ2) is 11.8. The zero-order valence-electron chi connectivity index (χ0n) is 8.22. The van der Waals surface area contributed by atoms with Crippen LogP contribution in [0.15, 0.2) is 24.3 Å². The maximum Gasteiger partial charge on any atom is 0.0185 e. The molecule has 0 fully saturated rings. The molecule has 0 radical (unpaired) electrons. The highest BCUT2D eigenvalue weighted by molar-refractivity contribution is 14.1. The van der Waals surface area contributed by atoms with Gasteiger partial charge in [-0.2, -0.15) is 0 Å². The second-order valence-corrected chi connectivity index (χ2v) is 3.41. The van der Waals surface area contributed by atoms with E-state index in [2.05, 4.69) is 28.9 Å². The van der Waals surface area contributed by atoms with Gasteiger partial charge in [-0.05, 0) is 22.8 Å². The fourth-order valence-electron chi connectivity index (χ4n) is 0.999. The van der Waals surface area contributed by atoms with E-state index in [9.17, 15) is 0 Å². The Morgan fingerprint density at radius 3 is 2.69 bits per heavy atom. The zero-order valence-corrected chi connectivity index (χ0v) is 10.4. The summed E-state index contributed by atoms with van der Waals surface area (Å²) < 4.78 is 2.79. The normalized spacial score (nSPS) is 10.6. The third kappa shape index (κ3) is 11.8. The van der Waals surface area contributed by atoms with Crippen LogP contribution < -0.4 is 0 Å². The van der Waals surface area contributed by atoms with Crippen LogP contribution in [0.4, 0.5) is 0 Å². The lowest BCUT2D eigenvalue weighted by Crippen LogP contribution is -1.72. The van der Waals surface area contributed by atoms with Gasteiger partial charge in [-0.15, -0.1) is 0 Å². The summed E-state index contributed by atoms with van der Waals surface area (Å²) in [7, 11) is 0. The lowest BCUT2D eigenvalue weighted by molar-refractivity contribution is 0.674. The minimum atomic E-state index is 1.20. The Morgan fingerprint density at radius 1 is 1.15 bits per heavy atom. The molecule has 0 atom stereocenters. The third-order valence-electron chi connectivity index (χ3n) is 1.71. The maximum absolute atomic E-state index is 2.86.